The highest BCUT2D eigenvalue weighted by Crippen LogP contribution is 2.22. The number of carbonyl (C=O) groups is 1. The first-order chi connectivity index (χ1) is 13.2. The minimum atomic E-state index is -0.260. The molecule has 1 aliphatic heterocycles. The third kappa shape index (κ3) is 5.67. The number of methoxy groups -OCH3 is 1. The van der Waals surface area contributed by atoms with Gasteiger partial charge in [0.2, 0.25) is 0 Å². The number of hydrogen-bond donors (Lipinski definition) is 2. The second kappa shape index (κ2) is 11.0. The lowest BCUT2D eigenvalue weighted by molar-refractivity contribution is 0.102. The summed E-state index contributed by atoms with van der Waals surface area (Å²) in [5, 5.41) is 14.6. The largest absolute Gasteiger partial charge is 0.493 e. The van der Waals surface area contributed by atoms with Crippen LogP contribution in [0.5, 0.6) is 5.75 Å². The van der Waals surface area contributed by atoms with Crippen molar-refractivity contribution in [2.24, 2.45) is 0 Å². The lowest BCUT2D eigenvalue weighted by Gasteiger charge is -2.23. The zero-order valence-corrected chi connectivity index (χ0v) is 17.1. The standard InChI is InChI=1S/C19H27N5O3.ClH/c1-14-18(22-23-24(14)16-7-9-20-10-8-16)19(25)21-15-5-3-6-17(13-15)27-12-4-11-26-2;/h3,5-6,13,16,20H,4,7-12H2,1-2H3,(H,21,25);1H. The van der Waals surface area contributed by atoms with E-state index in [1.165, 1.54) is 0 Å². The summed E-state index contributed by atoms with van der Waals surface area (Å²) in [5.74, 6) is 0.447. The van der Waals surface area contributed by atoms with Gasteiger partial charge >= 0.3 is 0 Å². The Morgan fingerprint density at radius 1 is 1.32 bits per heavy atom. The Labute approximate surface area is 171 Å². The molecule has 2 heterocycles. The summed E-state index contributed by atoms with van der Waals surface area (Å²) in [4.78, 5) is 12.6. The molecule has 0 atom stereocenters. The molecule has 1 amide bonds. The molecule has 2 aromatic rings. The van der Waals surface area contributed by atoms with Crippen LogP contribution in [0.3, 0.4) is 0 Å². The molecule has 0 unspecified atom stereocenters. The Morgan fingerprint density at radius 3 is 2.86 bits per heavy atom. The van der Waals surface area contributed by atoms with Crippen molar-refractivity contribution in [3.05, 3.63) is 35.7 Å². The average molecular weight is 410 g/mol. The number of benzene rings is 1. The van der Waals surface area contributed by atoms with Gasteiger partial charge in [-0.1, -0.05) is 11.3 Å². The normalized spacial score (nSPS) is 14.4. The first-order valence-electron chi connectivity index (χ1n) is 9.34. The number of rotatable bonds is 8. The number of carbonyl (C=O) groups excluding carboxylic acids is 1. The molecule has 1 aromatic carbocycles. The van der Waals surface area contributed by atoms with E-state index in [2.05, 4.69) is 20.9 Å². The highest BCUT2D eigenvalue weighted by molar-refractivity contribution is 6.03. The van der Waals surface area contributed by atoms with Gasteiger partial charge in [0.1, 0.15) is 5.75 Å². The maximum atomic E-state index is 12.6. The third-order valence-electron chi connectivity index (χ3n) is 4.65. The minimum absolute atomic E-state index is 0. The summed E-state index contributed by atoms with van der Waals surface area (Å²) in [6, 6.07) is 7.63. The topological polar surface area (TPSA) is 90.3 Å². The number of aromatic nitrogens is 3. The van der Waals surface area contributed by atoms with Gasteiger partial charge in [0.25, 0.3) is 5.91 Å². The van der Waals surface area contributed by atoms with Crippen LogP contribution in [0.1, 0.15) is 41.5 Å². The van der Waals surface area contributed by atoms with Crippen molar-refractivity contribution in [2.75, 3.05) is 38.7 Å². The Morgan fingerprint density at radius 2 is 2.11 bits per heavy atom. The number of halogens is 1. The monoisotopic (exact) mass is 409 g/mol. The molecule has 0 saturated carbocycles. The maximum absolute atomic E-state index is 12.6. The number of nitrogens with one attached hydrogen (secondary N) is 2. The van der Waals surface area contributed by atoms with Crippen molar-refractivity contribution < 1.29 is 14.3 Å². The molecule has 0 bridgehead atoms. The fourth-order valence-electron chi connectivity index (χ4n) is 3.20. The van der Waals surface area contributed by atoms with Gasteiger partial charge in [-0.3, -0.25) is 4.79 Å². The van der Waals surface area contributed by atoms with E-state index in [0.29, 0.717) is 36.4 Å². The molecule has 154 valence electrons. The van der Waals surface area contributed by atoms with Crippen molar-refractivity contribution in [3.63, 3.8) is 0 Å². The van der Waals surface area contributed by atoms with Gasteiger partial charge in [-0.25, -0.2) is 4.68 Å². The van der Waals surface area contributed by atoms with Crippen molar-refractivity contribution in [3.8, 4) is 5.75 Å². The van der Waals surface area contributed by atoms with Crippen LogP contribution in [0.15, 0.2) is 24.3 Å². The predicted octanol–water partition coefficient (Wildman–Crippen LogP) is 2.60. The molecule has 9 heteroatoms. The van der Waals surface area contributed by atoms with Crippen molar-refractivity contribution in [1.29, 1.82) is 0 Å². The van der Waals surface area contributed by atoms with E-state index in [9.17, 15) is 4.79 Å². The van der Waals surface area contributed by atoms with Crippen LogP contribution < -0.4 is 15.4 Å². The van der Waals surface area contributed by atoms with Crippen molar-refractivity contribution in [2.45, 2.75) is 32.2 Å². The van der Waals surface area contributed by atoms with E-state index in [-0.39, 0.29) is 18.3 Å². The minimum Gasteiger partial charge on any atom is -0.493 e. The lowest BCUT2D eigenvalue weighted by Crippen LogP contribution is -2.30. The van der Waals surface area contributed by atoms with E-state index in [0.717, 1.165) is 38.0 Å². The molecule has 1 aromatic heterocycles. The molecule has 3 rings (SSSR count). The summed E-state index contributed by atoms with van der Waals surface area (Å²) in [7, 11) is 1.67. The highest BCUT2D eigenvalue weighted by Gasteiger charge is 2.23. The van der Waals surface area contributed by atoms with Gasteiger partial charge in [0.05, 0.1) is 18.3 Å². The molecule has 0 radical (unpaired) electrons. The van der Waals surface area contributed by atoms with Gasteiger partial charge in [0.15, 0.2) is 5.69 Å². The maximum Gasteiger partial charge on any atom is 0.278 e. The van der Waals surface area contributed by atoms with Crippen LogP contribution in [0.2, 0.25) is 0 Å². The summed E-state index contributed by atoms with van der Waals surface area (Å²) in [6.45, 7) is 5.04. The zero-order valence-electron chi connectivity index (χ0n) is 16.3. The Hall–Kier alpha value is -2.16. The van der Waals surface area contributed by atoms with Crippen LogP contribution in [0.25, 0.3) is 0 Å². The van der Waals surface area contributed by atoms with Gasteiger partial charge in [-0.05, 0) is 45.0 Å². The second-order valence-corrected chi connectivity index (χ2v) is 6.63. The van der Waals surface area contributed by atoms with Crippen LogP contribution in [0, 0.1) is 6.92 Å². The SMILES string of the molecule is COCCCOc1cccc(NC(=O)c2nnn(C3CCNCC3)c2C)c1.Cl. The first kappa shape index (κ1) is 22.1. The number of nitrogens with zero attached hydrogens (tertiary/aromatic N) is 3. The second-order valence-electron chi connectivity index (χ2n) is 6.63. The highest BCUT2D eigenvalue weighted by atomic mass is 35.5. The Balaban J connectivity index is 0.00000280. The smallest absolute Gasteiger partial charge is 0.278 e. The first-order valence-corrected chi connectivity index (χ1v) is 9.34. The van der Waals surface area contributed by atoms with E-state index in [4.69, 9.17) is 9.47 Å². The van der Waals surface area contributed by atoms with Crippen LogP contribution >= 0.6 is 12.4 Å². The summed E-state index contributed by atoms with van der Waals surface area (Å²) in [6.07, 6.45) is 2.80. The molecule has 1 fully saturated rings. The molecule has 8 nitrogen and oxygen atoms in total. The quantitative estimate of drug-likeness (QED) is 0.651. The van der Waals surface area contributed by atoms with Crippen LogP contribution in [-0.4, -0.2) is 54.3 Å². The van der Waals surface area contributed by atoms with E-state index in [1.54, 1.807) is 13.2 Å². The van der Waals surface area contributed by atoms with Gasteiger partial charge < -0.3 is 20.1 Å². The van der Waals surface area contributed by atoms with E-state index in [1.807, 2.05) is 29.8 Å². The molecule has 28 heavy (non-hydrogen) atoms. The Bertz CT molecular complexity index is 762. The number of anilines is 1. The fourth-order valence-corrected chi connectivity index (χ4v) is 3.20. The predicted molar refractivity (Wildman–Crippen MR) is 110 cm³/mol. The molecule has 0 spiro atoms. The molecule has 0 aliphatic carbocycles. The average Bonchev–Trinajstić information content (AvgIpc) is 3.08. The number of piperidine rings is 1. The number of hydrogen-bond acceptors (Lipinski definition) is 6. The number of amides is 1. The van der Waals surface area contributed by atoms with Gasteiger partial charge in [-0.2, -0.15) is 0 Å². The van der Waals surface area contributed by atoms with Gasteiger partial charge in [-0.15, -0.1) is 17.5 Å². The fraction of sp³-hybridized carbons (Fsp3) is 0.526. The van der Waals surface area contributed by atoms with Crippen molar-refractivity contribution in [1.82, 2.24) is 20.3 Å². The molecule has 1 aliphatic rings. The summed E-state index contributed by atoms with van der Waals surface area (Å²) >= 11 is 0. The van der Waals surface area contributed by atoms with Crippen molar-refractivity contribution >= 4 is 24.0 Å². The molecule has 1 saturated heterocycles. The summed E-state index contributed by atoms with van der Waals surface area (Å²) in [5.41, 5.74) is 1.83. The van der Waals surface area contributed by atoms with Gasteiger partial charge in [0, 0.05) is 31.9 Å². The summed E-state index contributed by atoms with van der Waals surface area (Å²) < 4.78 is 12.6. The Kier molecular flexibility index (Phi) is 8.69. The molecular weight excluding hydrogens is 382 g/mol. The van der Waals surface area contributed by atoms with E-state index >= 15 is 0 Å². The lowest BCUT2D eigenvalue weighted by atomic mass is 10.1. The zero-order chi connectivity index (χ0) is 19.1. The number of ether oxygens (including phenoxy) is 2. The van der Waals surface area contributed by atoms with E-state index < -0.39 is 0 Å². The third-order valence-corrected chi connectivity index (χ3v) is 4.65. The van der Waals surface area contributed by atoms with Crippen LogP contribution in [0.4, 0.5) is 5.69 Å². The van der Waals surface area contributed by atoms with Crippen LogP contribution in [-0.2, 0) is 4.74 Å². The molecule has 2 N–H and O–H groups in total. The molecular formula is C19H28ClN5O3.